The van der Waals surface area contributed by atoms with Crippen LogP contribution in [0, 0.1) is 5.92 Å². The van der Waals surface area contributed by atoms with Crippen molar-refractivity contribution in [3.8, 4) is 5.75 Å². The predicted octanol–water partition coefficient (Wildman–Crippen LogP) is 2.62. The molecule has 7 heteroatoms. The van der Waals surface area contributed by atoms with Gasteiger partial charge < -0.3 is 14.2 Å². The van der Waals surface area contributed by atoms with Gasteiger partial charge in [0.05, 0.1) is 25.2 Å². The molecule has 2 aromatic rings. The minimum Gasteiger partial charge on any atom is -0.496 e. The highest BCUT2D eigenvalue weighted by Gasteiger charge is 2.35. The van der Waals surface area contributed by atoms with Crippen LogP contribution in [0.25, 0.3) is 10.8 Å². The summed E-state index contributed by atoms with van der Waals surface area (Å²) in [6, 6.07) is 10.8. The zero-order valence-corrected chi connectivity index (χ0v) is 15.6. The summed E-state index contributed by atoms with van der Waals surface area (Å²) in [6.07, 6.45) is 1.32. The number of nitrogens with zero attached hydrogens (tertiary/aromatic N) is 1. The third-order valence-corrected chi connectivity index (χ3v) is 7.17. The molecule has 2 fully saturated rings. The molecule has 4 rings (SSSR count). The summed E-state index contributed by atoms with van der Waals surface area (Å²) < 4.78 is 44.6. The van der Waals surface area contributed by atoms with E-state index in [4.69, 9.17) is 14.2 Å². The van der Waals surface area contributed by atoms with Gasteiger partial charge in [-0.15, -0.1) is 0 Å². The fourth-order valence-electron chi connectivity index (χ4n) is 3.82. The van der Waals surface area contributed by atoms with Crippen molar-refractivity contribution in [1.29, 1.82) is 0 Å². The lowest BCUT2D eigenvalue weighted by Crippen LogP contribution is -2.41. The van der Waals surface area contributed by atoms with E-state index in [1.807, 2.05) is 24.3 Å². The topological polar surface area (TPSA) is 65.1 Å². The van der Waals surface area contributed by atoms with E-state index in [-0.39, 0.29) is 12.2 Å². The van der Waals surface area contributed by atoms with Crippen LogP contribution < -0.4 is 4.74 Å². The first kappa shape index (κ1) is 17.7. The van der Waals surface area contributed by atoms with Crippen molar-refractivity contribution in [2.75, 3.05) is 33.4 Å². The molecule has 140 valence electrons. The smallest absolute Gasteiger partial charge is 0.243 e. The number of methoxy groups -OCH3 is 1. The van der Waals surface area contributed by atoms with Crippen LogP contribution in [-0.2, 0) is 19.5 Å². The first-order valence-corrected chi connectivity index (χ1v) is 10.3. The highest BCUT2D eigenvalue weighted by Crippen LogP contribution is 2.34. The third-order valence-electron chi connectivity index (χ3n) is 5.21. The fraction of sp³-hybridized carbons (Fsp3) is 0.474. The highest BCUT2D eigenvalue weighted by atomic mass is 32.2. The summed E-state index contributed by atoms with van der Waals surface area (Å²) in [5, 5.41) is 1.50. The van der Waals surface area contributed by atoms with Gasteiger partial charge >= 0.3 is 0 Å². The van der Waals surface area contributed by atoms with Crippen LogP contribution in [0.5, 0.6) is 5.75 Å². The second-order valence-electron chi connectivity index (χ2n) is 6.66. The van der Waals surface area contributed by atoms with E-state index in [2.05, 4.69) is 0 Å². The Morgan fingerprint density at radius 1 is 1.00 bits per heavy atom. The van der Waals surface area contributed by atoms with Crippen molar-refractivity contribution >= 4 is 20.8 Å². The van der Waals surface area contributed by atoms with Crippen LogP contribution in [0.1, 0.15) is 12.8 Å². The van der Waals surface area contributed by atoms with E-state index < -0.39 is 10.0 Å². The molecule has 0 N–H and O–H groups in total. The molecule has 0 saturated carbocycles. The van der Waals surface area contributed by atoms with Crippen molar-refractivity contribution in [3.05, 3.63) is 36.4 Å². The van der Waals surface area contributed by atoms with Gasteiger partial charge in [0.25, 0.3) is 0 Å². The molecule has 0 unspecified atom stereocenters. The van der Waals surface area contributed by atoms with Crippen molar-refractivity contribution in [3.63, 3.8) is 0 Å². The van der Waals surface area contributed by atoms with Gasteiger partial charge in [0.2, 0.25) is 10.0 Å². The summed E-state index contributed by atoms with van der Waals surface area (Å²) in [4.78, 5) is 0.334. The van der Waals surface area contributed by atoms with E-state index in [0.717, 1.165) is 18.2 Å². The van der Waals surface area contributed by atoms with Crippen molar-refractivity contribution < 1.29 is 22.6 Å². The Bertz CT molecular complexity index is 884. The Morgan fingerprint density at radius 2 is 1.65 bits per heavy atom. The molecule has 2 aliphatic heterocycles. The van der Waals surface area contributed by atoms with Gasteiger partial charge in [-0.3, -0.25) is 0 Å². The molecule has 0 amide bonds. The number of sulfonamides is 1. The van der Waals surface area contributed by atoms with E-state index in [9.17, 15) is 8.42 Å². The molecule has 0 atom stereocenters. The zero-order chi connectivity index (χ0) is 18.1. The molecular weight excluding hydrogens is 354 g/mol. The number of ether oxygens (including phenoxy) is 3. The van der Waals surface area contributed by atoms with E-state index in [0.29, 0.717) is 42.3 Å². The predicted molar refractivity (Wildman–Crippen MR) is 97.7 cm³/mol. The Morgan fingerprint density at radius 3 is 2.31 bits per heavy atom. The SMILES string of the molecule is COc1ccc(S(=O)(=O)N2CCC(C3OCCO3)CC2)c2ccccc12. The van der Waals surface area contributed by atoms with Gasteiger partial charge in [-0.1, -0.05) is 24.3 Å². The molecule has 26 heavy (non-hydrogen) atoms. The van der Waals surface area contributed by atoms with Gasteiger partial charge in [0.15, 0.2) is 6.29 Å². The summed E-state index contributed by atoms with van der Waals surface area (Å²) in [5.41, 5.74) is 0. The van der Waals surface area contributed by atoms with Gasteiger partial charge in [-0.25, -0.2) is 8.42 Å². The van der Waals surface area contributed by atoms with Gasteiger partial charge in [-0.05, 0) is 25.0 Å². The Kier molecular flexibility index (Phi) is 4.88. The molecule has 2 aromatic carbocycles. The first-order valence-electron chi connectivity index (χ1n) is 8.90. The van der Waals surface area contributed by atoms with Crippen LogP contribution in [0.2, 0.25) is 0 Å². The summed E-state index contributed by atoms with van der Waals surface area (Å²) >= 11 is 0. The number of benzene rings is 2. The lowest BCUT2D eigenvalue weighted by molar-refractivity contribution is -0.0938. The molecule has 0 spiro atoms. The molecule has 6 nitrogen and oxygen atoms in total. The number of hydrogen-bond donors (Lipinski definition) is 0. The Hall–Kier alpha value is -1.67. The quantitative estimate of drug-likeness (QED) is 0.820. The summed E-state index contributed by atoms with van der Waals surface area (Å²) in [7, 11) is -1.97. The largest absolute Gasteiger partial charge is 0.496 e. The van der Waals surface area contributed by atoms with Crippen LogP contribution >= 0.6 is 0 Å². The van der Waals surface area contributed by atoms with Crippen LogP contribution in [0.3, 0.4) is 0 Å². The molecule has 2 saturated heterocycles. The summed E-state index contributed by atoms with van der Waals surface area (Å²) in [5.74, 6) is 0.936. The Labute approximate surface area is 153 Å². The lowest BCUT2D eigenvalue weighted by Gasteiger charge is -2.33. The molecule has 0 bridgehead atoms. The number of rotatable bonds is 4. The van der Waals surface area contributed by atoms with E-state index >= 15 is 0 Å². The number of hydrogen-bond acceptors (Lipinski definition) is 5. The molecule has 2 heterocycles. The third kappa shape index (κ3) is 3.09. The van der Waals surface area contributed by atoms with Crippen LogP contribution in [0.4, 0.5) is 0 Å². The van der Waals surface area contributed by atoms with Gasteiger partial charge in [0, 0.05) is 29.8 Å². The minimum absolute atomic E-state index is 0.179. The standard InChI is InChI=1S/C19H23NO5S/c1-23-17-6-7-18(16-5-3-2-4-15(16)17)26(21,22)20-10-8-14(9-11-20)19-24-12-13-25-19/h2-7,14,19H,8-13H2,1H3. The molecular formula is C19H23NO5S. The van der Waals surface area contributed by atoms with Crippen molar-refractivity contribution in [1.82, 2.24) is 4.31 Å². The second-order valence-corrected chi connectivity index (χ2v) is 8.57. The van der Waals surface area contributed by atoms with E-state index in [1.54, 1.807) is 23.5 Å². The maximum Gasteiger partial charge on any atom is 0.243 e. The molecule has 0 aliphatic carbocycles. The average Bonchev–Trinajstić information content (AvgIpc) is 3.22. The highest BCUT2D eigenvalue weighted by molar-refractivity contribution is 7.89. The van der Waals surface area contributed by atoms with Crippen molar-refractivity contribution in [2.24, 2.45) is 5.92 Å². The zero-order valence-electron chi connectivity index (χ0n) is 14.8. The van der Waals surface area contributed by atoms with Gasteiger partial charge in [0.1, 0.15) is 5.75 Å². The Balaban J connectivity index is 1.60. The molecule has 2 aliphatic rings. The second kappa shape index (κ2) is 7.15. The monoisotopic (exact) mass is 377 g/mol. The number of fused-ring (bicyclic) bond motifs is 1. The van der Waals surface area contributed by atoms with Crippen LogP contribution in [-0.4, -0.2) is 52.4 Å². The number of piperidine rings is 1. The first-order chi connectivity index (χ1) is 12.6. The maximum absolute atomic E-state index is 13.3. The average molecular weight is 377 g/mol. The van der Waals surface area contributed by atoms with Crippen LogP contribution in [0.15, 0.2) is 41.3 Å². The van der Waals surface area contributed by atoms with Gasteiger partial charge in [-0.2, -0.15) is 4.31 Å². The van der Waals surface area contributed by atoms with Crippen molar-refractivity contribution in [2.45, 2.75) is 24.0 Å². The molecule has 0 radical (unpaired) electrons. The lowest BCUT2D eigenvalue weighted by atomic mass is 9.98. The fourth-order valence-corrected chi connectivity index (χ4v) is 5.49. The summed E-state index contributed by atoms with van der Waals surface area (Å²) in [6.45, 7) is 2.22. The maximum atomic E-state index is 13.3. The minimum atomic E-state index is -3.56. The molecule has 0 aromatic heterocycles. The normalized spacial score (nSPS) is 20.7. The van der Waals surface area contributed by atoms with E-state index in [1.165, 1.54) is 0 Å².